The van der Waals surface area contributed by atoms with E-state index in [1.807, 2.05) is 0 Å². The zero-order valence-corrected chi connectivity index (χ0v) is 6.24. The van der Waals surface area contributed by atoms with Crippen molar-refractivity contribution in [2.45, 2.75) is 13.0 Å². The molecule has 11 heavy (non-hydrogen) atoms. The first kappa shape index (κ1) is 8.00. The lowest BCUT2D eigenvalue weighted by Gasteiger charge is -2.12. The van der Waals surface area contributed by atoms with E-state index >= 15 is 0 Å². The first-order valence-electron chi connectivity index (χ1n) is 3.34. The van der Waals surface area contributed by atoms with Crippen molar-refractivity contribution in [3.8, 4) is 0 Å². The van der Waals surface area contributed by atoms with Crippen LogP contribution in [0.4, 0.5) is 4.79 Å². The van der Waals surface area contributed by atoms with Gasteiger partial charge in [-0.2, -0.15) is 0 Å². The van der Waals surface area contributed by atoms with E-state index in [2.05, 4.69) is 4.74 Å². The second-order valence-electron chi connectivity index (χ2n) is 2.54. The van der Waals surface area contributed by atoms with E-state index in [0.29, 0.717) is 0 Å². The summed E-state index contributed by atoms with van der Waals surface area (Å²) in [6.45, 7) is 1.81. The van der Waals surface area contributed by atoms with Crippen LogP contribution >= 0.6 is 0 Å². The zero-order chi connectivity index (χ0) is 8.43. The molecule has 0 spiro atoms. The van der Waals surface area contributed by atoms with E-state index < -0.39 is 6.09 Å². The molecule has 0 aliphatic carbocycles. The molecule has 2 N–H and O–H groups in total. The van der Waals surface area contributed by atoms with Crippen LogP contribution in [0.1, 0.15) is 6.92 Å². The number of imide groups is 1. The number of carbonyl (C=O) groups excluding carboxylic acids is 2. The molecule has 1 atom stereocenters. The molecule has 1 rings (SSSR count). The lowest BCUT2D eigenvalue weighted by atomic mass is 10.3. The summed E-state index contributed by atoms with van der Waals surface area (Å²) in [5.41, 5.74) is 5.40. The number of hydrogen-bond acceptors (Lipinski definition) is 4. The second-order valence-corrected chi connectivity index (χ2v) is 2.54. The minimum absolute atomic E-state index is 0.147. The Kier molecular flexibility index (Phi) is 2.09. The average Bonchev–Trinajstić information content (AvgIpc) is 2.18. The Bertz CT molecular complexity index is 174. The molecule has 0 unspecified atom stereocenters. The van der Waals surface area contributed by atoms with Crippen molar-refractivity contribution in [1.29, 1.82) is 0 Å². The third kappa shape index (κ3) is 1.68. The van der Waals surface area contributed by atoms with Gasteiger partial charge in [-0.05, 0) is 6.92 Å². The van der Waals surface area contributed by atoms with Crippen LogP contribution in [0.5, 0.6) is 0 Å². The lowest BCUT2D eigenvalue weighted by Crippen LogP contribution is -2.38. The van der Waals surface area contributed by atoms with Crippen LogP contribution in [0.25, 0.3) is 0 Å². The highest BCUT2D eigenvalue weighted by atomic mass is 16.6. The van der Waals surface area contributed by atoms with Crippen LogP contribution in [-0.4, -0.2) is 36.1 Å². The fraction of sp³-hybridized carbons (Fsp3) is 0.667. The maximum atomic E-state index is 10.8. The van der Waals surface area contributed by atoms with E-state index in [-0.39, 0.29) is 25.1 Å². The maximum absolute atomic E-state index is 10.8. The monoisotopic (exact) mass is 158 g/mol. The highest BCUT2D eigenvalue weighted by Gasteiger charge is 2.30. The van der Waals surface area contributed by atoms with Gasteiger partial charge in [0, 0.05) is 12.6 Å². The molecule has 1 aliphatic heterocycles. The van der Waals surface area contributed by atoms with Gasteiger partial charge in [0.25, 0.3) is 5.91 Å². The summed E-state index contributed by atoms with van der Waals surface area (Å²) in [6.07, 6.45) is -0.590. The van der Waals surface area contributed by atoms with E-state index in [0.717, 1.165) is 4.90 Å². The van der Waals surface area contributed by atoms with Gasteiger partial charge in [-0.15, -0.1) is 0 Å². The zero-order valence-electron chi connectivity index (χ0n) is 6.24. The second kappa shape index (κ2) is 2.87. The molecule has 2 amide bonds. The fourth-order valence-corrected chi connectivity index (χ4v) is 0.845. The van der Waals surface area contributed by atoms with Gasteiger partial charge in [0.15, 0.2) is 6.61 Å². The van der Waals surface area contributed by atoms with Crippen molar-refractivity contribution in [3.63, 3.8) is 0 Å². The molecule has 0 aromatic carbocycles. The highest BCUT2D eigenvalue weighted by molar-refractivity contribution is 5.97. The standard InChI is InChI=1S/C6H10N2O3/c1-4(7)2-8-5(9)3-11-6(8)10/h4H,2-3,7H2,1H3/t4-/m0/s1. The van der Waals surface area contributed by atoms with Gasteiger partial charge < -0.3 is 10.5 Å². The summed E-state index contributed by atoms with van der Waals surface area (Å²) in [5, 5.41) is 0. The molecule has 0 aromatic rings. The Labute approximate surface area is 64.1 Å². The smallest absolute Gasteiger partial charge is 0.417 e. The third-order valence-electron chi connectivity index (χ3n) is 1.31. The van der Waals surface area contributed by atoms with E-state index in [9.17, 15) is 9.59 Å². The van der Waals surface area contributed by atoms with E-state index in [1.165, 1.54) is 0 Å². The molecule has 1 fully saturated rings. The van der Waals surface area contributed by atoms with Crippen LogP contribution < -0.4 is 5.73 Å². The van der Waals surface area contributed by atoms with Crippen molar-refractivity contribution >= 4 is 12.0 Å². The van der Waals surface area contributed by atoms with Crippen molar-refractivity contribution in [1.82, 2.24) is 4.90 Å². The highest BCUT2D eigenvalue weighted by Crippen LogP contribution is 2.04. The summed E-state index contributed by atoms with van der Waals surface area (Å²) in [5.74, 6) is -0.313. The number of rotatable bonds is 2. The number of nitrogens with zero attached hydrogens (tertiary/aromatic N) is 1. The lowest BCUT2D eigenvalue weighted by molar-refractivity contribution is -0.126. The van der Waals surface area contributed by atoms with Gasteiger partial charge in [0.2, 0.25) is 0 Å². The summed E-state index contributed by atoms with van der Waals surface area (Å²) >= 11 is 0. The quantitative estimate of drug-likeness (QED) is 0.577. The predicted octanol–water partition coefficient (Wildman–Crippen LogP) is -0.688. The molecule has 0 radical (unpaired) electrons. The summed E-state index contributed by atoms with van der Waals surface area (Å²) < 4.78 is 4.46. The molecule has 0 saturated carbocycles. The van der Waals surface area contributed by atoms with Crippen LogP contribution in [0, 0.1) is 0 Å². The molecule has 62 valence electrons. The summed E-state index contributed by atoms with van der Waals surface area (Å²) in [7, 11) is 0. The number of carbonyl (C=O) groups is 2. The van der Waals surface area contributed by atoms with Crippen LogP contribution in [0.3, 0.4) is 0 Å². The Balaban J connectivity index is 2.55. The maximum Gasteiger partial charge on any atom is 0.417 e. The Morgan fingerprint density at radius 2 is 2.36 bits per heavy atom. The van der Waals surface area contributed by atoms with Crippen molar-refractivity contribution in [2.24, 2.45) is 5.73 Å². The first-order valence-corrected chi connectivity index (χ1v) is 3.34. The Morgan fingerprint density at radius 3 is 2.73 bits per heavy atom. The van der Waals surface area contributed by atoms with E-state index in [4.69, 9.17) is 5.73 Å². The molecular formula is C6H10N2O3. The SMILES string of the molecule is C[C@H](N)CN1C(=O)COC1=O. The number of nitrogens with two attached hydrogens (primary N) is 1. The van der Waals surface area contributed by atoms with Gasteiger partial charge >= 0.3 is 6.09 Å². The van der Waals surface area contributed by atoms with Crippen LogP contribution in [0.15, 0.2) is 0 Å². The van der Waals surface area contributed by atoms with Crippen LogP contribution in [-0.2, 0) is 9.53 Å². The summed E-state index contributed by atoms with van der Waals surface area (Å²) in [4.78, 5) is 22.6. The average molecular weight is 158 g/mol. The normalized spacial score (nSPS) is 20.4. The largest absolute Gasteiger partial charge is 0.439 e. The number of cyclic esters (lactones) is 1. The molecule has 5 nitrogen and oxygen atoms in total. The minimum Gasteiger partial charge on any atom is -0.439 e. The van der Waals surface area contributed by atoms with Gasteiger partial charge in [0.05, 0.1) is 0 Å². The molecule has 1 saturated heterocycles. The Hall–Kier alpha value is -1.10. The van der Waals surface area contributed by atoms with E-state index in [1.54, 1.807) is 6.92 Å². The van der Waals surface area contributed by atoms with Crippen molar-refractivity contribution in [2.75, 3.05) is 13.2 Å². The molecule has 1 heterocycles. The van der Waals surface area contributed by atoms with Gasteiger partial charge in [-0.1, -0.05) is 0 Å². The number of amides is 2. The molecule has 0 bridgehead atoms. The molecule has 0 aromatic heterocycles. The minimum atomic E-state index is -0.590. The fourth-order valence-electron chi connectivity index (χ4n) is 0.845. The number of ether oxygens (including phenoxy) is 1. The van der Waals surface area contributed by atoms with Gasteiger partial charge in [-0.3, -0.25) is 4.79 Å². The third-order valence-corrected chi connectivity index (χ3v) is 1.31. The topological polar surface area (TPSA) is 72.6 Å². The number of hydrogen-bond donors (Lipinski definition) is 1. The van der Waals surface area contributed by atoms with Crippen molar-refractivity contribution in [3.05, 3.63) is 0 Å². The predicted molar refractivity (Wildman–Crippen MR) is 36.7 cm³/mol. The van der Waals surface area contributed by atoms with Crippen LogP contribution in [0.2, 0.25) is 0 Å². The Morgan fingerprint density at radius 1 is 1.73 bits per heavy atom. The van der Waals surface area contributed by atoms with Gasteiger partial charge in [-0.25, -0.2) is 9.69 Å². The molecule has 1 aliphatic rings. The molecular weight excluding hydrogens is 148 g/mol. The van der Waals surface area contributed by atoms with Crippen molar-refractivity contribution < 1.29 is 14.3 Å². The molecule has 5 heteroatoms. The first-order chi connectivity index (χ1) is 5.11. The summed E-state index contributed by atoms with van der Waals surface area (Å²) in [6, 6.07) is -0.204. The van der Waals surface area contributed by atoms with Gasteiger partial charge in [0.1, 0.15) is 0 Å².